The van der Waals surface area contributed by atoms with Crippen molar-refractivity contribution >= 4 is 71.2 Å². The molecule has 1 heterocycles. The topological polar surface area (TPSA) is 133 Å². The molecule has 3 atom stereocenters. The second kappa shape index (κ2) is 16.5. The summed E-state index contributed by atoms with van der Waals surface area (Å²) >= 11 is 8.24. The van der Waals surface area contributed by atoms with Gasteiger partial charge in [-0.2, -0.15) is 0 Å². The molecule has 0 aromatic heterocycles. The Labute approximate surface area is 306 Å². The van der Waals surface area contributed by atoms with Crippen molar-refractivity contribution in [3.63, 3.8) is 0 Å². The molecule has 1 saturated heterocycles. The maximum atomic E-state index is 14.1. The van der Waals surface area contributed by atoms with Crippen molar-refractivity contribution in [3.8, 4) is 0 Å². The Bertz CT molecular complexity index is 1710. The van der Waals surface area contributed by atoms with E-state index in [2.05, 4.69) is 33.9 Å². The molecule has 3 aromatic rings. The Balaban J connectivity index is 1.77. The summed E-state index contributed by atoms with van der Waals surface area (Å²) in [5, 5.41) is 10.0. The number of ether oxygens (including phenoxy) is 1. The molecule has 0 aliphatic carbocycles. The van der Waals surface area contributed by atoms with Gasteiger partial charge >= 0.3 is 5.97 Å². The van der Waals surface area contributed by atoms with E-state index in [1.54, 1.807) is 60.7 Å². The molecule has 0 N–H and O–H groups in total. The molecule has 0 bridgehead atoms. The van der Waals surface area contributed by atoms with Crippen molar-refractivity contribution in [3.05, 3.63) is 122 Å². The van der Waals surface area contributed by atoms with Crippen LogP contribution in [0.5, 0.6) is 0 Å². The molecule has 264 valence electrons. The van der Waals surface area contributed by atoms with Gasteiger partial charge in [-0.25, -0.2) is 4.79 Å². The molecule has 50 heavy (non-hydrogen) atoms. The van der Waals surface area contributed by atoms with E-state index in [1.807, 2.05) is 6.92 Å². The minimum atomic E-state index is -2.34. The van der Waals surface area contributed by atoms with Crippen LogP contribution in [0.15, 0.2) is 94.9 Å². The molecule has 1 amide bonds. The minimum absolute atomic E-state index is 0.0859. The number of likely N-dealkylation sites (tertiary alicyclic amines) is 1. The van der Waals surface area contributed by atoms with E-state index in [0.717, 1.165) is 4.90 Å². The first kappa shape index (κ1) is 39.0. The third-order valence-electron chi connectivity index (χ3n) is 8.66. The summed E-state index contributed by atoms with van der Waals surface area (Å²) in [4.78, 5) is 67.0. The van der Waals surface area contributed by atoms with Crippen LogP contribution in [0.4, 0.5) is 5.69 Å². The van der Waals surface area contributed by atoms with Crippen LogP contribution in [0.2, 0.25) is 18.1 Å². The molecule has 0 radical (unpaired) electrons. The number of β-lactam (4-membered cyclic amide) rings is 1. The first-order chi connectivity index (χ1) is 23.6. The highest BCUT2D eigenvalue weighted by atomic mass is 35.5. The molecule has 1 aliphatic heterocycles. The number of esters is 1. The Hall–Kier alpha value is -3.75. The number of nitro groups is 1. The number of benzene rings is 3. The normalized spacial score (nSPS) is 16.6. The number of hydrogen-bond acceptors (Lipinski definition) is 10. The number of nitro benzene ring substituents is 1. The molecule has 0 unspecified atom stereocenters. The van der Waals surface area contributed by atoms with E-state index in [0.29, 0.717) is 46.6 Å². The Kier molecular flexibility index (Phi) is 12.9. The van der Waals surface area contributed by atoms with Gasteiger partial charge in [0.1, 0.15) is 12.1 Å². The molecule has 4 rings (SSSR count). The summed E-state index contributed by atoms with van der Waals surface area (Å²) in [7, 11) is -2.34. The SMILES string of the molecule is CC[C@H](O[Si](C)(C)C(C)(C)C)[C@@H]1C(=O)N(C(C(=O)OCc2ccc([N+](=O)[O-])cc2)=C(SC(=O)c2ccccc2)SC(=O)c2ccccc2)[C@H]1Cl. The van der Waals surface area contributed by atoms with Gasteiger partial charge in [-0.15, -0.1) is 0 Å². The summed E-state index contributed by atoms with van der Waals surface area (Å²) < 4.78 is 12.2. The van der Waals surface area contributed by atoms with Crippen LogP contribution in [0.3, 0.4) is 0 Å². The third-order valence-corrected chi connectivity index (χ3v) is 15.7. The van der Waals surface area contributed by atoms with E-state index in [-0.39, 0.29) is 27.3 Å². The van der Waals surface area contributed by atoms with Crippen LogP contribution in [0.25, 0.3) is 0 Å². The molecule has 14 heteroatoms. The maximum absolute atomic E-state index is 14.1. The average Bonchev–Trinajstić information content (AvgIpc) is 3.09. The van der Waals surface area contributed by atoms with Crippen LogP contribution in [0.1, 0.15) is 60.4 Å². The Morgan fingerprint density at radius 1 is 0.920 bits per heavy atom. The maximum Gasteiger partial charge on any atom is 0.357 e. The molecular formula is C36H39ClN2O8S2Si. The van der Waals surface area contributed by atoms with Crippen LogP contribution < -0.4 is 0 Å². The number of halogens is 1. The van der Waals surface area contributed by atoms with Gasteiger partial charge in [0.2, 0.25) is 16.1 Å². The molecule has 3 aromatic carbocycles. The lowest BCUT2D eigenvalue weighted by molar-refractivity contribution is -0.384. The monoisotopic (exact) mass is 754 g/mol. The lowest BCUT2D eigenvalue weighted by Gasteiger charge is -2.49. The van der Waals surface area contributed by atoms with Gasteiger partial charge in [-0.3, -0.25) is 29.4 Å². The molecule has 10 nitrogen and oxygen atoms in total. The highest BCUT2D eigenvalue weighted by molar-refractivity contribution is 8.35. The molecule has 1 aliphatic rings. The van der Waals surface area contributed by atoms with Gasteiger partial charge in [0, 0.05) is 23.3 Å². The highest BCUT2D eigenvalue weighted by Gasteiger charge is 2.56. The quantitative estimate of drug-likeness (QED) is 0.0244. The zero-order valence-corrected chi connectivity index (χ0v) is 32.0. The first-order valence-corrected chi connectivity index (χ1v) is 20.9. The molecular weight excluding hydrogens is 716 g/mol. The number of non-ortho nitro benzene ring substituents is 1. The summed E-state index contributed by atoms with van der Waals surface area (Å²) in [5.41, 5.74) is -0.485. The summed E-state index contributed by atoms with van der Waals surface area (Å²) in [6.07, 6.45) is -0.0564. The van der Waals surface area contributed by atoms with Crippen molar-refractivity contribution in [2.24, 2.45) is 5.92 Å². The molecule has 1 fully saturated rings. The van der Waals surface area contributed by atoms with Crippen molar-refractivity contribution < 1.29 is 33.3 Å². The summed E-state index contributed by atoms with van der Waals surface area (Å²) in [6, 6.07) is 22.1. The number of nitrogens with zero attached hydrogens (tertiary/aromatic N) is 2. The van der Waals surface area contributed by atoms with E-state index >= 15 is 0 Å². The second-order valence-electron chi connectivity index (χ2n) is 13.1. The van der Waals surface area contributed by atoms with Crippen LogP contribution in [-0.2, 0) is 25.4 Å². The van der Waals surface area contributed by atoms with Gasteiger partial charge in [-0.1, -0.05) is 100.0 Å². The predicted molar refractivity (Wildman–Crippen MR) is 199 cm³/mol. The van der Waals surface area contributed by atoms with Gasteiger partial charge in [0.05, 0.1) is 21.2 Å². The van der Waals surface area contributed by atoms with Crippen LogP contribution in [0, 0.1) is 16.0 Å². The number of carbonyl (C=O) groups is 4. The fourth-order valence-electron chi connectivity index (χ4n) is 4.78. The lowest BCUT2D eigenvalue weighted by atomic mass is 9.90. The standard InChI is InChI=1S/C36H39ClN2O8S2Si/c1-7-27(47-50(5,6)36(2,3)4)28-30(37)38(31(28)40)29(32(41)46-22-23-18-20-26(21-19-23)39(44)45)35(48-33(42)24-14-10-8-11-15-24)49-34(43)25-16-12-9-13-17-25/h8-21,27-28,30H,7,22H2,1-6H3/t27-,28-,30+/m0/s1. The van der Waals surface area contributed by atoms with Crippen molar-refractivity contribution in [2.45, 2.75) is 70.5 Å². The van der Waals surface area contributed by atoms with Gasteiger partial charge in [0.25, 0.3) is 5.69 Å². The third kappa shape index (κ3) is 9.12. The predicted octanol–water partition coefficient (Wildman–Crippen LogP) is 8.78. The number of carbonyl (C=O) groups excluding carboxylic acids is 4. The summed E-state index contributed by atoms with van der Waals surface area (Å²) in [5.74, 6) is -2.31. The zero-order valence-electron chi connectivity index (χ0n) is 28.6. The highest BCUT2D eigenvalue weighted by Crippen LogP contribution is 2.46. The fraction of sp³-hybridized carbons (Fsp3) is 0.333. The van der Waals surface area contributed by atoms with Gasteiger partial charge in [0.15, 0.2) is 14.0 Å². The number of amides is 1. The average molecular weight is 755 g/mol. The Morgan fingerprint density at radius 3 is 1.84 bits per heavy atom. The van der Waals surface area contributed by atoms with Gasteiger partial charge < -0.3 is 9.16 Å². The van der Waals surface area contributed by atoms with Gasteiger partial charge in [-0.05, 0) is 65.8 Å². The Morgan fingerprint density at radius 2 is 1.42 bits per heavy atom. The van der Waals surface area contributed by atoms with Crippen molar-refractivity contribution in [2.75, 3.05) is 0 Å². The van der Waals surface area contributed by atoms with Crippen molar-refractivity contribution in [1.82, 2.24) is 4.90 Å². The summed E-state index contributed by atoms with van der Waals surface area (Å²) in [6.45, 7) is 12.0. The minimum Gasteiger partial charge on any atom is -0.456 e. The number of rotatable bonds is 13. The molecule has 0 saturated carbocycles. The molecule has 0 spiro atoms. The number of thioether (sulfide) groups is 2. The van der Waals surface area contributed by atoms with Crippen molar-refractivity contribution in [1.29, 1.82) is 0 Å². The second-order valence-corrected chi connectivity index (χ2v) is 20.5. The van der Waals surface area contributed by atoms with Crippen LogP contribution >= 0.6 is 35.1 Å². The fourth-order valence-corrected chi connectivity index (χ4v) is 8.69. The van der Waals surface area contributed by atoms with E-state index in [1.165, 1.54) is 24.3 Å². The number of hydrogen-bond donors (Lipinski definition) is 0. The largest absolute Gasteiger partial charge is 0.456 e. The van der Waals surface area contributed by atoms with E-state index in [4.69, 9.17) is 20.8 Å². The number of alkyl halides is 1. The smallest absolute Gasteiger partial charge is 0.357 e. The van der Waals surface area contributed by atoms with E-state index < -0.39 is 52.9 Å². The van der Waals surface area contributed by atoms with E-state index in [9.17, 15) is 29.3 Å². The zero-order chi connectivity index (χ0) is 36.8. The van der Waals surface area contributed by atoms with Crippen LogP contribution in [-0.4, -0.2) is 51.9 Å². The lowest BCUT2D eigenvalue weighted by Crippen LogP contribution is -2.64. The first-order valence-electron chi connectivity index (χ1n) is 15.9.